The minimum absolute atomic E-state index is 0.00145. The van der Waals surface area contributed by atoms with Gasteiger partial charge in [-0.15, -0.1) is 0 Å². The molecule has 1 spiro atoms. The molecule has 2 aromatic carbocycles. The number of nitrogens with one attached hydrogen (secondary N) is 3. The minimum Gasteiger partial charge on any atom is -0.376 e. The molecule has 34 heavy (non-hydrogen) atoms. The van der Waals surface area contributed by atoms with Gasteiger partial charge in [-0.2, -0.15) is 0 Å². The molecule has 2 aliphatic heterocycles. The Hall–Kier alpha value is -3.72. The van der Waals surface area contributed by atoms with Crippen molar-refractivity contribution in [3.63, 3.8) is 0 Å². The summed E-state index contributed by atoms with van der Waals surface area (Å²) in [4.78, 5) is 52.4. The number of carbonyl (C=O) groups excluding carboxylic acids is 4. The number of ether oxygens (including phenoxy) is 1. The molecular formula is C25H26N4O5. The number of carbonyl (C=O) groups is 4. The second-order valence-corrected chi connectivity index (χ2v) is 8.82. The van der Waals surface area contributed by atoms with Crippen molar-refractivity contribution in [1.29, 1.82) is 0 Å². The summed E-state index contributed by atoms with van der Waals surface area (Å²) >= 11 is 0. The molecule has 2 heterocycles. The molecule has 0 aromatic heterocycles. The van der Waals surface area contributed by atoms with Crippen LogP contribution in [0.1, 0.15) is 40.7 Å². The van der Waals surface area contributed by atoms with Gasteiger partial charge in [0.25, 0.3) is 11.8 Å². The predicted molar refractivity (Wildman–Crippen MR) is 123 cm³/mol. The van der Waals surface area contributed by atoms with Gasteiger partial charge >= 0.3 is 6.03 Å². The van der Waals surface area contributed by atoms with Gasteiger partial charge in [0.2, 0.25) is 5.91 Å². The van der Waals surface area contributed by atoms with Crippen molar-refractivity contribution >= 4 is 29.4 Å². The standard InChI is InChI=1S/C25H26N4O5/c30-21(27-20-10-4-2-8-18(20)22(31)26-14-17-7-5-13-34-17)15-29-23(32)25(28-24(29)33)12-11-16-6-1-3-9-19(16)25/h1-4,6,8-10,17H,5,7,11-15H2,(H,26,31)(H,27,30)(H,28,33)/t17-,25-/m1/s1. The number of aryl methyl sites for hydroxylation is 1. The summed E-state index contributed by atoms with van der Waals surface area (Å²) in [6.07, 6.45) is 3.01. The van der Waals surface area contributed by atoms with E-state index in [2.05, 4.69) is 16.0 Å². The number of fused-ring (bicyclic) bond motifs is 2. The number of amides is 5. The highest BCUT2D eigenvalue weighted by Crippen LogP contribution is 2.41. The van der Waals surface area contributed by atoms with Crippen LogP contribution in [0.15, 0.2) is 48.5 Å². The largest absolute Gasteiger partial charge is 0.376 e. The van der Waals surface area contributed by atoms with Crippen LogP contribution in [-0.2, 0) is 26.3 Å². The summed E-state index contributed by atoms with van der Waals surface area (Å²) in [5, 5.41) is 8.33. The van der Waals surface area contributed by atoms with Crippen molar-refractivity contribution in [2.75, 3.05) is 25.0 Å². The molecule has 2 aromatic rings. The van der Waals surface area contributed by atoms with Gasteiger partial charge < -0.3 is 20.7 Å². The number of imide groups is 1. The molecule has 2 saturated heterocycles. The fraction of sp³-hybridized carbons (Fsp3) is 0.360. The average Bonchev–Trinajstić information content (AvgIpc) is 3.55. The fourth-order valence-corrected chi connectivity index (χ4v) is 4.96. The van der Waals surface area contributed by atoms with Crippen molar-refractivity contribution in [1.82, 2.24) is 15.5 Å². The van der Waals surface area contributed by atoms with E-state index < -0.39 is 29.9 Å². The predicted octanol–water partition coefficient (Wildman–Crippen LogP) is 1.93. The first kappa shape index (κ1) is 22.1. The fourth-order valence-electron chi connectivity index (χ4n) is 4.96. The van der Waals surface area contributed by atoms with Crippen molar-refractivity contribution < 1.29 is 23.9 Å². The van der Waals surface area contributed by atoms with E-state index in [4.69, 9.17) is 4.74 Å². The van der Waals surface area contributed by atoms with Crippen LogP contribution >= 0.6 is 0 Å². The third-order valence-corrected chi connectivity index (χ3v) is 6.68. The van der Waals surface area contributed by atoms with E-state index in [-0.39, 0.29) is 12.0 Å². The Morgan fingerprint density at radius 2 is 1.91 bits per heavy atom. The molecule has 5 amide bonds. The van der Waals surface area contributed by atoms with Crippen LogP contribution in [0.3, 0.4) is 0 Å². The van der Waals surface area contributed by atoms with Gasteiger partial charge in [0.1, 0.15) is 12.1 Å². The molecule has 176 valence electrons. The Labute approximate surface area is 196 Å². The first-order chi connectivity index (χ1) is 16.5. The van der Waals surface area contributed by atoms with Gasteiger partial charge in [0.15, 0.2) is 0 Å². The molecule has 1 aliphatic carbocycles. The Balaban J connectivity index is 1.26. The first-order valence-electron chi connectivity index (χ1n) is 11.5. The Bertz CT molecular complexity index is 1160. The highest BCUT2D eigenvalue weighted by Gasteiger charge is 2.55. The van der Waals surface area contributed by atoms with E-state index >= 15 is 0 Å². The SMILES string of the molecule is O=C(CN1C(=O)N[C@@]2(CCc3ccccc32)C1=O)Nc1ccccc1C(=O)NC[C@H]1CCCO1. The molecule has 0 radical (unpaired) electrons. The maximum Gasteiger partial charge on any atom is 0.325 e. The molecule has 2 fully saturated rings. The van der Waals surface area contributed by atoms with Crippen LogP contribution in [0.25, 0.3) is 0 Å². The van der Waals surface area contributed by atoms with E-state index in [0.717, 1.165) is 28.9 Å². The molecule has 0 saturated carbocycles. The smallest absolute Gasteiger partial charge is 0.325 e. The second-order valence-electron chi connectivity index (χ2n) is 8.82. The monoisotopic (exact) mass is 462 g/mol. The van der Waals surface area contributed by atoms with E-state index in [1.807, 2.05) is 24.3 Å². The quantitative estimate of drug-likeness (QED) is 0.567. The van der Waals surface area contributed by atoms with E-state index in [1.165, 1.54) is 0 Å². The number of benzene rings is 2. The highest BCUT2D eigenvalue weighted by atomic mass is 16.5. The van der Waals surface area contributed by atoms with Gasteiger partial charge in [0.05, 0.1) is 17.4 Å². The average molecular weight is 463 g/mol. The highest BCUT2D eigenvalue weighted by molar-refractivity contribution is 6.11. The maximum absolute atomic E-state index is 13.3. The molecule has 9 heteroatoms. The van der Waals surface area contributed by atoms with Gasteiger partial charge in [0, 0.05) is 13.2 Å². The zero-order chi connectivity index (χ0) is 23.7. The van der Waals surface area contributed by atoms with Crippen LogP contribution in [0.5, 0.6) is 0 Å². The molecular weight excluding hydrogens is 436 g/mol. The summed E-state index contributed by atoms with van der Waals surface area (Å²) in [5.74, 6) is -1.32. The summed E-state index contributed by atoms with van der Waals surface area (Å²) in [6, 6.07) is 13.5. The lowest BCUT2D eigenvalue weighted by atomic mass is 9.92. The Morgan fingerprint density at radius 1 is 1.12 bits per heavy atom. The lowest BCUT2D eigenvalue weighted by molar-refractivity contribution is -0.134. The Kier molecular flexibility index (Phi) is 5.79. The summed E-state index contributed by atoms with van der Waals surface area (Å²) in [5.41, 5.74) is 1.29. The number of nitrogens with zero attached hydrogens (tertiary/aromatic N) is 1. The number of para-hydroxylation sites is 1. The van der Waals surface area contributed by atoms with Crippen molar-refractivity contribution in [2.45, 2.75) is 37.3 Å². The molecule has 2 atom stereocenters. The second kappa shape index (κ2) is 8.90. The van der Waals surface area contributed by atoms with Crippen molar-refractivity contribution in [3.05, 3.63) is 65.2 Å². The number of hydrogen-bond acceptors (Lipinski definition) is 5. The number of rotatable bonds is 6. The molecule has 5 rings (SSSR count). The van der Waals surface area contributed by atoms with Crippen LogP contribution in [0.4, 0.5) is 10.5 Å². The van der Waals surface area contributed by atoms with Gasteiger partial charge in [-0.25, -0.2) is 4.79 Å². The van der Waals surface area contributed by atoms with Gasteiger partial charge in [-0.3, -0.25) is 19.3 Å². The van der Waals surface area contributed by atoms with E-state index in [1.54, 1.807) is 24.3 Å². The summed E-state index contributed by atoms with van der Waals surface area (Å²) < 4.78 is 5.53. The molecule has 3 aliphatic rings. The summed E-state index contributed by atoms with van der Waals surface area (Å²) in [7, 11) is 0. The van der Waals surface area contributed by atoms with E-state index in [9.17, 15) is 19.2 Å². The third kappa shape index (κ3) is 3.92. The number of hydrogen-bond donors (Lipinski definition) is 3. The zero-order valence-corrected chi connectivity index (χ0v) is 18.6. The normalized spacial score (nSPS) is 23.2. The topological polar surface area (TPSA) is 117 Å². The van der Waals surface area contributed by atoms with E-state index in [0.29, 0.717) is 37.2 Å². The van der Waals surface area contributed by atoms with Crippen LogP contribution < -0.4 is 16.0 Å². The van der Waals surface area contributed by atoms with Crippen molar-refractivity contribution in [2.24, 2.45) is 0 Å². The maximum atomic E-state index is 13.3. The van der Waals surface area contributed by atoms with Crippen LogP contribution in [-0.4, -0.2) is 54.5 Å². The zero-order valence-electron chi connectivity index (χ0n) is 18.6. The van der Waals surface area contributed by atoms with Crippen LogP contribution in [0.2, 0.25) is 0 Å². The van der Waals surface area contributed by atoms with Crippen LogP contribution in [0, 0.1) is 0 Å². The Morgan fingerprint density at radius 3 is 2.74 bits per heavy atom. The lowest BCUT2D eigenvalue weighted by Crippen LogP contribution is -2.43. The minimum atomic E-state index is -1.12. The third-order valence-electron chi connectivity index (χ3n) is 6.68. The number of anilines is 1. The van der Waals surface area contributed by atoms with Gasteiger partial charge in [-0.1, -0.05) is 36.4 Å². The molecule has 9 nitrogen and oxygen atoms in total. The number of urea groups is 1. The van der Waals surface area contributed by atoms with Gasteiger partial charge in [-0.05, 0) is 48.9 Å². The molecule has 0 bridgehead atoms. The molecule has 0 unspecified atom stereocenters. The lowest BCUT2D eigenvalue weighted by Gasteiger charge is -2.22. The molecule has 3 N–H and O–H groups in total. The van der Waals surface area contributed by atoms with Crippen molar-refractivity contribution in [3.8, 4) is 0 Å². The summed E-state index contributed by atoms with van der Waals surface area (Å²) in [6.45, 7) is 0.649. The first-order valence-corrected chi connectivity index (χ1v) is 11.5.